The number of rotatable bonds is 4. The van der Waals surface area contributed by atoms with Crippen molar-refractivity contribution in [1.82, 2.24) is 9.97 Å². The van der Waals surface area contributed by atoms with E-state index in [2.05, 4.69) is 6.92 Å². The molecule has 4 fully saturated rings. The van der Waals surface area contributed by atoms with E-state index in [0.717, 1.165) is 36.4 Å². The quantitative estimate of drug-likeness (QED) is 0.924. The summed E-state index contributed by atoms with van der Waals surface area (Å²) in [5, 5.41) is 0. The summed E-state index contributed by atoms with van der Waals surface area (Å²) in [6, 6.07) is 0.235. The van der Waals surface area contributed by atoms with Crippen molar-refractivity contribution < 1.29 is 0 Å². The lowest BCUT2D eigenvalue weighted by Crippen LogP contribution is -2.49. The van der Waals surface area contributed by atoms with Crippen LogP contribution in [0.2, 0.25) is 0 Å². The molecule has 5 rings (SSSR count). The lowest BCUT2D eigenvalue weighted by Gasteiger charge is -2.55. The predicted octanol–water partition coefficient (Wildman–Crippen LogP) is 3.22. The molecule has 4 aliphatic rings. The molecule has 0 spiro atoms. The fraction of sp³-hybridized carbons (Fsp3) is 0.778. The van der Waals surface area contributed by atoms with E-state index < -0.39 is 0 Å². The van der Waals surface area contributed by atoms with Crippen LogP contribution in [0.1, 0.15) is 63.3 Å². The molecule has 4 saturated carbocycles. The van der Waals surface area contributed by atoms with E-state index in [-0.39, 0.29) is 6.04 Å². The second kappa shape index (κ2) is 5.05. The maximum absolute atomic E-state index is 6.03. The molecule has 1 aromatic rings. The van der Waals surface area contributed by atoms with E-state index in [1.807, 2.05) is 12.4 Å². The molecule has 4 bridgehead atoms. The standard InChI is InChI=1S/C18H27N3/c1-2-16(19)6-15-10-20-17(21-11-15)18-7-12-3-13(8-18)5-14(4-12)9-18/h10-14,16H,2-9,19H2,1H3. The number of hydrogen-bond donors (Lipinski definition) is 1. The highest BCUT2D eigenvalue weighted by molar-refractivity contribution is 5.19. The second-order valence-corrected chi connectivity index (χ2v) is 7.99. The zero-order valence-corrected chi connectivity index (χ0v) is 13.1. The average molecular weight is 285 g/mol. The minimum atomic E-state index is 0.235. The SMILES string of the molecule is CCC(N)Cc1cnc(C23CC4CC(CC(C4)C2)C3)nc1. The molecule has 0 amide bonds. The van der Waals surface area contributed by atoms with Crippen LogP contribution in [0.3, 0.4) is 0 Å². The van der Waals surface area contributed by atoms with Crippen molar-refractivity contribution in [3.05, 3.63) is 23.8 Å². The van der Waals surface area contributed by atoms with Crippen molar-refractivity contribution in [2.75, 3.05) is 0 Å². The maximum atomic E-state index is 6.03. The van der Waals surface area contributed by atoms with E-state index in [4.69, 9.17) is 15.7 Å². The molecule has 0 aliphatic heterocycles. The normalized spacial score (nSPS) is 38.7. The Morgan fingerprint density at radius 1 is 1.10 bits per heavy atom. The van der Waals surface area contributed by atoms with Gasteiger partial charge in [0, 0.05) is 23.9 Å². The van der Waals surface area contributed by atoms with E-state index in [1.165, 1.54) is 44.1 Å². The first-order valence-corrected chi connectivity index (χ1v) is 8.74. The molecule has 1 unspecified atom stereocenters. The summed E-state index contributed by atoms with van der Waals surface area (Å²) < 4.78 is 0. The second-order valence-electron chi connectivity index (χ2n) is 7.99. The summed E-state index contributed by atoms with van der Waals surface area (Å²) in [5.74, 6) is 3.99. The van der Waals surface area contributed by atoms with Gasteiger partial charge in [0.15, 0.2) is 0 Å². The van der Waals surface area contributed by atoms with Gasteiger partial charge in [0.1, 0.15) is 5.82 Å². The molecule has 0 saturated heterocycles. The Bertz CT molecular complexity index is 472. The molecule has 3 heteroatoms. The Morgan fingerprint density at radius 2 is 1.62 bits per heavy atom. The van der Waals surface area contributed by atoms with Crippen LogP contribution in [0.5, 0.6) is 0 Å². The minimum absolute atomic E-state index is 0.235. The van der Waals surface area contributed by atoms with Crippen LogP contribution in [-0.2, 0) is 11.8 Å². The molecular formula is C18H27N3. The summed E-state index contributed by atoms with van der Waals surface area (Å²) in [6.07, 6.45) is 14.4. The van der Waals surface area contributed by atoms with E-state index in [9.17, 15) is 0 Å². The Labute approximate surface area is 127 Å². The summed E-state index contributed by atoms with van der Waals surface area (Å²) >= 11 is 0. The molecule has 21 heavy (non-hydrogen) atoms. The van der Waals surface area contributed by atoms with Crippen molar-refractivity contribution in [3.8, 4) is 0 Å². The van der Waals surface area contributed by atoms with E-state index in [1.54, 1.807) is 0 Å². The van der Waals surface area contributed by atoms with Crippen molar-refractivity contribution >= 4 is 0 Å². The maximum Gasteiger partial charge on any atom is 0.134 e. The topological polar surface area (TPSA) is 51.8 Å². The first-order valence-electron chi connectivity index (χ1n) is 8.74. The van der Waals surface area contributed by atoms with Crippen molar-refractivity contribution in [1.29, 1.82) is 0 Å². The van der Waals surface area contributed by atoms with Gasteiger partial charge in [-0.3, -0.25) is 0 Å². The van der Waals surface area contributed by atoms with Crippen LogP contribution < -0.4 is 5.73 Å². The molecule has 3 nitrogen and oxygen atoms in total. The monoisotopic (exact) mass is 285 g/mol. The highest BCUT2D eigenvalue weighted by Gasteiger charge is 2.53. The van der Waals surface area contributed by atoms with Crippen LogP contribution in [0.15, 0.2) is 12.4 Å². The summed E-state index contributed by atoms with van der Waals surface area (Å²) in [7, 11) is 0. The first-order chi connectivity index (χ1) is 10.2. The third-order valence-electron chi connectivity index (χ3n) is 6.24. The molecule has 114 valence electrons. The first kappa shape index (κ1) is 13.7. The fourth-order valence-corrected chi connectivity index (χ4v) is 5.57. The molecule has 1 heterocycles. The lowest BCUT2D eigenvalue weighted by atomic mass is 9.49. The summed E-state index contributed by atoms with van der Waals surface area (Å²) in [5.41, 5.74) is 7.55. The van der Waals surface area contributed by atoms with Crippen molar-refractivity contribution in [2.24, 2.45) is 23.5 Å². The fourth-order valence-electron chi connectivity index (χ4n) is 5.57. The Morgan fingerprint density at radius 3 is 2.10 bits per heavy atom. The summed E-state index contributed by atoms with van der Waals surface area (Å²) in [4.78, 5) is 9.58. The van der Waals surface area contributed by atoms with Gasteiger partial charge in [-0.15, -0.1) is 0 Å². The number of hydrogen-bond acceptors (Lipinski definition) is 3. The molecule has 0 radical (unpaired) electrons. The Hall–Kier alpha value is -0.960. The largest absolute Gasteiger partial charge is 0.327 e. The molecule has 1 atom stereocenters. The number of aromatic nitrogens is 2. The van der Waals surface area contributed by atoms with Crippen LogP contribution in [0, 0.1) is 17.8 Å². The third-order valence-corrected chi connectivity index (χ3v) is 6.24. The molecule has 1 aromatic heterocycles. The summed E-state index contributed by atoms with van der Waals surface area (Å²) in [6.45, 7) is 2.13. The van der Waals surface area contributed by atoms with Gasteiger partial charge in [0.05, 0.1) is 0 Å². The van der Waals surface area contributed by atoms with Crippen LogP contribution in [0.25, 0.3) is 0 Å². The van der Waals surface area contributed by atoms with Crippen molar-refractivity contribution in [3.63, 3.8) is 0 Å². The minimum Gasteiger partial charge on any atom is -0.327 e. The highest BCUT2D eigenvalue weighted by atomic mass is 14.9. The van der Waals surface area contributed by atoms with Crippen LogP contribution >= 0.6 is 0 Å². The van der Waals surface area contributed by atoms with Gasteiger partial charge in [-0.05, 0) is 74.7 Å². The number of nitrogens with zero attached hydrogens (tertiary/aromatic N) is 2. The average Bonchev–Trinajstić information content (AvgIpc) is 2.46. The van der Waals surface area contributed by atoms with Crippen LogP contribution in [0.4, 0.5) is 0 Å². The third kappa shape index (κ3) is 2.40. The highest BCUT2D eigenvalue weighted by Crippen LogP contribution is 2.59. The van der Waals surface area contributed by atoms with Crippen LogP contribution in [-0.4, -0.2) is 16.0 Å². The Balaban J connectivity index is 1.56. The van der Waals surface area contributed by atoms with Gasteiger partial charge in [-0.25, -0.2) is 9.97 Å². The predicted molar refractivity (Wildman–Crippen MR) is 83.9 cm³/mol. The zero-order chi connectivity index (χ0) is 14.4. The van der Waals surface area contributed by atoms with Crippen molar-refractivity contribution in [2.45, 2.75) is 69.7 Å². The van der Waals surface area contributed by atoms with Gasteiger partial charge in [0.25, 0.3) is 0 Å². The van der Waals surface area contributed by atoms with Gasteiger partial charge in [-0.2, -0.15) is 0 Å². The lowest BCUT2D eigenvalue weighted by molar-refractivity contribution is -0.00942. The zero-order valence-electron chi connectivity index (χ0n) is 13.1. The molecular weight excluding hydrogens is 258 g/mol. The molecule has 4 aliphatic carbocycles. The van der Waals surface area contributed by atoms with Gasteiger partial charge in [0.2, 0.25) is 0 Å². The van der Waals surface area contributed by atoms with E-state index in [0.29, 0.717) is 5.41 Å². The number of nitrogens with two attached hydrogens (primary N) is 1. The van der Waals surface area contributed by atoms with Gasteiger partial charge >= 0.3 is 0 Å². The molecule has 0 aromatic carbocycles. The van der Waals surface area contributed by atoms with Gasteiger partial charge in [-0.1, -0.05) is 6.92 Å². The smallest absolute Gasteiger partial charge is 0.134 e. The Kier molecular flexibility index (Phi) is 3.29. The van der Waals surface area contributed by atoms with E-state index >= 15 is 0 Å². The molecule has 2 N–H and O–H groups in total. The van der Waals surface area contributed by atoms with Gasteiger partial charge < -0.3 is 5.73 Å².